The maximum Gasteiger partial charge on any atom is 0.254 e. The van der Waals surface area contributed by atoms with Crippen LogP contribution in [0.15, 0.2) is 92.0 Å². The molecule has 0 fully saturated rings. The minimum absolute atomic E-state index is 1.03. The van der Waals surface area contributed by atoms with E-state index in [0.29, 0.717) is 0 Å². The van der Waals surface area contributed by atoms with Crippen LogP contribution in [-0.2, 0) is 0 Å². The van der Waals surface area contributed by atoms with Crippen LogP contribution in [0, 0.1) is 0 Å². The molecule has 6 heterocycles. The van der Waals surface area contributed by atoms with Crippen molar-refractivity contribution in [2.75, 3.05) is 0 Å². The Bertz CT molecular complexity index is 1400. The Morgan fingerprint density at radius 1 is 0.778 bits per heavy atom. The second kappa shape index (κ2) is 5.28. The summed E-state index contributed by atoms with van der Waals surface area (Å²) in [7, 11) is 0. The van der Waals surface area contributed by atoms with Crippen LogP contribution in [-0.4, -0.2) is 23.8 Å². The van der Waals surface area contributed by atoms with Crippen molar-refractivity contribution < 1.29 is 4.40 Å². The Labute approximate surface area is 154 Å². The molecule has 0 aliphatic heterocycles. The average Bonchev–Trinajstić information content (AvgIpc) is 3.42. The normalized spacial score (nSPS) is 11.7. The fourth-order valence-corrected chi connectivity index (χ4v) is 3.51. The van der Waals surface area contributed by atoms with E-state index in [1.165, 1.54) is 0 Å². The van der Waals surface area contributed by atoms with Crippen molar-refractivity contribution in [3.05, 3.63) is 92.0 Å². The van der Waals surface area contributed by atoms with Gasteiger partial charge >= 0.3 is 0 Å². The summed E-state index contributed by atoms with van der Waals surface area (Å²) >= 11 is 0. The lowest BCUT2D eigenvalue weighted by Gasteiger charge is -1.98. The van der Waals surface area contributed by atoms with Crippen LogP contribution in [0.25, 0.3) is 33.4 Å². The van der Waals surface area contributed by atoms with Gasteiger partial charge in [-0.05, 0) is 30.3 Å². The molecule has 0 radical (unpaired) electrons. The van der Waals surface area contributed by atoms with Crippen LogP contribution in [0.4, 0.5) is 0 Å². The summed E-state index contributed by atoms with van der Waals surface area (Å²) in [5, 5.41) is 8.91. The second-order valence-electron chi connectivity index (χ2n) is 6.62. The Kier molecular flexibility index (Phi) is 2.79. The van der Waals surface area contributed by atoms with E-state index in [9.17, 15) is 0 Å². The maximum atomic E-state index is 4.59. The smallest absolute Gasteiger partial charge is 0.240 e. The zero-order valence-electron chi connectivity index (χ0n) is 14.3. The van der Waals surface area contributed by atoms with Gasteiger partial charge in [0.1, 0.15) is 6.20 Å². The summed E-state index contributed by atoms with van der Waals surface area (Å²) < 4.78 is 7.97. The van der Waals surface area contributed by atoms with Crippen LogP contribution in [0.3, 0.4) is 0 Å². The van der Waals surface area contributed by atoms with Gasteiger partial charge in [-0.1, -0.05) is 12.1 Å². The Balaban J connectivity index is 1.46. The number of imidazole rings is 1. The SMILES string of the molecule is c1cc[n+]2cn(-c3cnn4cc(-c5ccc6ccnn6c5)cc4c3)cc2c1. The van der Waals surface area contributed by atoms with Crippen molar-refractivity contribution in [3.63, 3.8) is 0 Å². The fourth-order valence-electron chi connectivity index (χ4n) is 3.51. The van der Waals surface area contributed by atoms with Gasteiger partial charge in [-0.25, -0.2) is 13.4 Å². The third-order valence-electron chi connectivity index (χ3n) is 4.91. The highest BCUT2D eigenvalue weighted by Gasteiger charge is 2.11. The van der Waals surface area contributed by atoms with Gasteiger partial charge in [-0.15, -0.1) is 0 Å². The second-order valence-corrected chi connectivity index (χ2v) is 6.62. The van der Waals surface area contributed by atoms with Gasteiger partial charge in [0.25, 0.3) is 6.33 Å². The first-order valence-corrected chi connectivity index (χ1v) is 8.74. The summed E-state index contributed by atoms with van der Waals surface area (Å²) in [6.45, 7) is 0. The van der Waals surface area contributed by atoms with E-state index in [4.69, 9.17) is 0 Å². The molecule has 0 amide bonds. The van der Waals surface area contributed by atoms with Crippen LogP contribution in [0.1, 0.15) is 0 Å². The maximum absolute atomic E-state index is 4.59. The largest absolute Gasteiger partial charge is 0.254 e. The van der Waals surface area contributed by atoms with Gasteiger partial charge in [-0.2, -0.15) is 14.8 Å². The van der Waals surface area contributed by atoms with Crippen molar-refractivity contribution in [1.82, 2.24) is 23.8 Å². The Morgan fingerprint density at radius 2 is 1.70 bits per heavy atom. The quantitative estimate of drug-likeness (QED) is 0.450. The van der Waals surface area contributed by atoms with Gasteiger partial charge in [0.15, 0.2) is 11.2 Å². The highest BCUT2D eigenvalue weighted by molar-refractivity contribution is 5.71. The minimum atomic E-state index is 1.03. The molecule has 6 heteroatoms. The van der Waals surface area contributed by atoms with E-state index in [1.54, 1.807) is 0 Å². The summed E-state index contributed by atoms with van der Waals surface area (Å²) in [4.78, 5) is 0. The van der Waals surface area contributed by atoms with Crippen LogP contribution >= 0.6 is 0 Å². The minimum Gasteiger partial charge on any atom is -0.240 e. The zero-order chi connectivity index (χ0) is 17.8. The van der Waals surface area contributed by atoms with Crippen molar-refractivity contribution in [1.29, 1.82) is 0 Å². The predicted molar refractivity (Wildman–Crippen MR) is 102 cm³/mol. The molecule has 0 atom stereocenters. The highest BCUT2D eigenvalue weighted by Crippen LogP contribution is 2.23. The molecule has 6 rings (SSSR count). The molecule has 0 bridgehead atoms. The van der Waals surface area contributed by atoms with Gasteiger partial charge in [0, 0.05) is 35.8 Å². The molecule has 0 N–H and O–H groups in total. The lowest BCUT2D eigenvalue weighted by atomic mass is 10.1. The number of rotatable bonds is 2. The van der Waals surface area contributed by atoms with Crippen molar-refractivity contribution in [3.8, 4) is 16.8 Å². The lowest BCUT2D eigenvalue weighted by Crippen LogP contribution is -2.16. The highest BCUT2D eigenvalue weighted by atomic mass is 15.2. The van der Waals surface area contributed by atoms with E-state index in [-0.39, 0.29) is 0 Å². The van der Waals surface area contributed by atoms with Gasteiger partial charge in [0.2, 0.25) is 0 Å². The molecule has 6 nitrogen and oxygen atoms in total. The van der Waals surface area contributed by atoms with Crippen LogP contribution in [0.2, 0.25) is 0 Å². The monoisotopic (exact) mass is 351 g/mol. The Hall–Kier alpha value is -3.93. The zero-order valence-corrected chi connectivity index (χ0v) is 14.3. The van der Waals surface area contributed by atoms with E-state index in [2.05, 4.69) is 62.0 Å². The number of hydrogen-bond acceptors (Lipinski definition) is 2. The predicted octanol–water partition coefficient (Wildman–Crippen LogP) is 3.18. The first-order chi connectivity index (χ1) is 13.3. The van der Waals surface area contributed by atoms with Gasteiger partial charge < -0.3 is 0 Å². The molecule has 0 unspecified atom stereocenters. The molecule has 6 aromatic rings. The topological polar surface area (TPSA) is 43.6 Å². The van der Waals surface area contributed by atoms with Crippen molar-refractivity contribution in [2.45, 2.75) is 0 Å². The van der Waals surface area contributed by atoms with Crippen molar-refractivity contribution in [2.24, 2.45) is 0 Å². The van der Waals surface area contributed by atoms with Crippen LogP contribution in [0.5, 0.6) is 0 Å². The molecule has 0 aliphatic rings. The lowest BCUT2D eigenvalue weighted by molar-refractivity contribution is -0.511. The van der Waals surface area contributed by atoms with Gasteiger partial charge in [-0.3, -0.25) is 0 Å². The number of hydrogen-bond donors (Lipinski definition) is 0. The molecule has 0 aliphatic carbocycles. The molecule has 6 aromatic heterocycles. The summed E-state index contributed by atoms with van der Waals surface area (Å²) in [6.07, 6.45) is 14.0. The van der Waals surface area contributed by atoms with E-state index < -0.39 is 0 Å². The summed E-state index contributed by atoms with van der Waals surface area (Å²) in [6, 6.07) is 16.6. The molecule has 0 saturated carbocycles. The molecular formula is C21H15N6+. The summed E-state index contributed by atoms with van der Waals surface area (Å²) in [5.41, 5.74) is 6.52. The molecular weight excluding hydrogens is 336 g/mol. The number of fused-ring (bicyclic) bond motifs is 3. The molecule has 27 heavy (non-hydrogen) atoms. The van der Waals surface area contributed by atoms with Crippen LogP contribution < -0.4 is 4.40 Å². The molecule has 0 spiro atoms. The third-order valence-corrected chi connectivity index (χ3v) is 4.91. The average molecular weight is 351 g/mol. The fraction of sp³-hybridized carbons (Fsp3) is 0. The van der Waals surface area contributed by atoms with Gasteiger partial charge in [0.05, 0.1) is 23.4 Å². The Morgan fingerprint density at radius 3 is 2.67 bits per heavy atom. The van der Waals surface area contributed by atoms with E-state index >= 15 is 0 Å². The van der Waals surface area contributed by atoms with E-state index in [1.807, 2.05) is 58.2 Å². The summed E-state index contributed by atoms with van der Waals surface area (Å²) in [5.74, 6) is 0. The molecule has 0 aromatic carbocycles. The number of nitrogens with zero attached hydrogens (tertiary/aromatic N) is 6. The first kappa shape index (κ1) is 14.3. The van der Waals surface area contributed by atoms with Crippen molar-refractivity contribution >= 4 is 16.6 Å². The van der Waals surface area contributed by atoms with E-state index in [0.717, 1.165) is 33.4 Å². The standard InChI is InChI=1S/C21H15N6/c1-2-8-24-15-25(14-19(24)3-1)21-10-20-9-17(13-27(20)23-11-21)16-4-5-18-6-7-22-26(18)12-16/h1-15H/q+1. The third kappa shape index (κ3) is 2.23. The number of pyridine rings is 2. The molecule has 128 valence electrons. The molecule has 0 saturated heterocycles. The number of aromatic nitrogens is 6. The first-order valence-electron chi connectivity index (χ1n) is 8.74.